The summed E-state index contributed by atoms with van der Waals surface area (Å²) in [4.78, 5) is 11.6. The molecule has 1 saturated heterocycles. The maximum Gasteiger partial charge on any atom is 0.422 e. The van der Waals surface area contributed by atoms with E-state index in [2.05, 4.69) is 17.8 Å². The molecule has 24 heavy (non-hydrogen) atoms. The molecule has 0 radical (unpaired) electrons. The topological polar surface area (TPSA) is 87.7 Å². The zero-order chi connectivity index (χ0) is 18.0. The number of carbonyl (C=O) groups is 1. The normalized spacial score (nSPS) is 29.4. The molecule has 0 aromatic rings. The summed E-state index contributed by atoms with van der Waals surface area (Å²) < 4.78 is 32.2. The molecule has 140 valence electrons. The number of hydrogen-bond acceptors (Lipinski definition) is 5. The van der Waals surface area contributed by atoms with Gasteiger partial charge in [0.25, 0.3) is 0 Å². The highest BCUT2D eigenvalue weighted by molar-refractivity contribution is 7.89. The van der Waals surface area contributed by atoms with E-state index in [4.69, 9.17) is 4.74 Å². The van der Waals surface area contributed by atoms with E-state index in [0.29, 0.717) is 31.8 Å². The highest BCUT2D eigenvalue weighted by Crippen LogP contribution is 2.29. The average molecular weight is 362 g/mol. The van der Waals surface area contributed by atoms with Crippen LogP contribution in [0, 0.1) is 5.92 Å². The van der Waals surface area contributed by atoms with E-state index in [1.807, 2.05) is 20.8 Å². The lowest BCUT2D eigenvalue weighted by Crippen LogP contribution is -2.49. The van der Waals surface area contributed by atoms with Crippen molar-refractivity contribution in [3.63, 3.8) is 0 Å². The van der Waals surface area contributed by atoms with Gasteiger partial charge in [-0.15, -0.1) is 0 Å². The van der Waals surface area contributed by atoms with Crippen molar-refractivity contribution >= 4 is 16.1 Å². The van der Waals surface area contributed by atoms with Crippen LogP contribution >= 0.6 is 0 Å². The lowest BCUT2D eigenvalue weighted by Gasteiger charge is -2.31. The average Bonchev–Trinajstić information content (AvgIpc) is 2.91. The molecule has 2 fully saturated rings. The van der Waals surface area contributed by atoms with Crippen molar-refractivity contribution in [3.8, 4) is 0 Å². The smallest absolute Gasteiger partial charge is 0.422 e. The third-order valence-electron chi connectivity index (χ3n) is 4.62. The second kappa shape index (κ2) is 7.58. The first-order valence-corrected chi connectivity index (χ1v) is 10.3. The Kier molecular flexibility index (Phi) is 6.14. The van der Waals surface area contributed by atoms with Crippen LogP contribution in [0.5, 0.6) is 0 Å². The minimum absolute atomic E-state index is 0.0847. The number of carbonyl (C=O) groups excluding carboxylic acids is 1. The van der Waals surface area contributed by atoms with Gasteiger partial charge in [0, 0.05) is 19.1 Å². The van der Waals surface area contributed by atoms with Crippen LogP contribution in [-0.2, 0) is 14.8 Å². The van der Waals surface area contributed by atoms with Gasteiger partial charge in [-0.05, 0) is 58.8 Å². The summed E-state index contributed by atoms with van der Waals surface area (Å²) in [6, 6.07) is 0.0847. The number of sulfonamides is 1. The lowest BCUT2D eigenvalue weighted by molar-refractivity contribution is 0.0482. The Morgan fingerprint density at radius 1 is 1.12 bits per heavy atom. The minimum atomic E-state index is -3.18. The molecule has 0 bridgehead atoms. The molecule has 2 N–H and O–H groups in total. The second-order valence-electron chi connectivity index (χ2n) is 8.04. The number of rotatable bonds is 4. The van der Waals surface area contributed by atoms with E-state index in [-0.39, 0.29) is 11.3 Å². The van der Waals surface area contributed by atoms with Gasteiger partial charge in [0.2, 0.25) is 10.0 Å². The molecular formula is C16H31N3O4S. The summed E-state index contributed by atoms with van der Waals surface area (Å²) in [5.74, 6) is 0.454. The number of hydrogen-bond donors (Lipinski definition) is 2. The monoisotopic (exact) mass is 361 g/mol. The number of nitrogens with zero attached hydrogens (tertiary/aromatic N) is 1. The minimum Gasteiger partial charge on any atom is -0.443 e. The van der Waals surface area contributed by atoms with Gasteiger partial charge in [-0.2, -0.15) is 0 Å². The van der Waals surface area contributed by atoms with Gasteiger partial charge in [0.05, 0.1) is 5.25 Å². The molecular weight excluding hydrogens is 330 g/mol. The van der Waals surface area contributed by atoms with Gasteiger partial charge in [-0.3, -0.25) is 5.43 Å². The fraction of sp³-hybridized carbons (Fsp3) is 0.938. The predicted molar refractivity (Wildman–Crippen MR) is 92.8 cm³/mol. The molecule has 0 aromatic carbocycles. The highest BCUT2D eigenvalue weighted by Gasteiger charge is 2.37. The summed E-state index contributed by atoms with van der Waals surface area (Å²) in [6.45, 7) is 8.83. The molecule has 2 aliphatic rings. The Morgan fingerprint density at radius 3 is 2.25 bits per heavy atom. The third kappa shape index (κ3) is 5.32. The van der Waals surface area contributed by atoms with Crippen molar-refractivity contribution in [1.82, 2.24) is 15.2 Å². The third-order valence-corrected chi connectivity index (χ3v) is 6.98. The fourth-order valence-electron chi connectivity index (χ4n) is 3.31. The van der Waals surface area contributed by atoms with E-state index in [0.717, 1.165) is 19.3 Å². The van der Waals surface area contributed by atoms with Crippen molar-refractivity contribution in [2.75, 3.05) is 13.1 Å². The van der Waals surface area contributed by atoms with Crippen LogP contribution in [0.15, 0.2) is 0 Å². The number of nitrogens with one attached hydrogen (secondary N) is 2. The van der Waals surface area contributed by atoms with Crippen molar-refractivity contribution in [2.45, 2.75) is 76.7 Å². The molecule has 1 heterocycles. The predicted octanol–water partition coefficient (Wildman–Crippen LogP) is 2.00. The second-order valence-corrected chi connectivity index (χ2v) is 10.3. The van der Waals surface area contributed by atoms with Gasteiger partial charge in [-0.1, -0.05) is 6.92 Å². The van der Waals surface area contributed by atoms with Gasteiger partial charge < -0.3 is 4.74 Å². The van der Waals surface area contributed by atoms with Crippen LogP contribution in [0.1, 0.15) is 59.8 Å². The van der Waals surface area contributed by atoms with Crippen molar-refractivity contribution in [1.29, 1.82) is 0 Å². The Balaban J connectivity index is 1.76. The van der Waals surface area contributed by atoms with Crippen molar-refractivity contribution in [2.24, 2.45) is 5.92 Å². The van der Waals surface area contributed by atoms with Crippen LogP contribution < -0.4 is 10.9 Å². The molecule has 8 heteroatoms. The molecule has 1 saturated carbocycles. The zero-order valence-electron chi connectivity index (χ0n) is 15.2. The van der Waals surface area contributed by atoms with Crippen LogP contribution in [0.25, 0.3) is 0 Å². The maximum absolute atomic E-state index is 12.7. The molecule has 7 nitrogen and oxygen atoms in total. The first kappa shape index (κ1) is 19.5. The van der Waals surface area contributed by atoms with Crippen LogP contribution in [0.3, 0.4) is 0 Å². The highest BCUT2D eigenvalue weighted by atomic mass is 32.2. The summed E-state index contributed by atoms with van der Waals surface area (Å²) >= 11 is 0. The van der Waals surface area contributed by atoms with Gasteiger partial charge in [0.15, 0.2) is 0 Å². The molecule has 2 rings (SSSR count). The van der Waals surface area contributed by atoms with Gasteiger partial charge in [0.1, 0.15) is 5.60 Å². The Bertz CT molecular complexity index is 536. The lowest BCUT2D eigenvalue weighted by atomic mass is 9.95. The number of hydrazine groups is 1. The van der Waals surface area contributed by atoms with Crippen LogP contribution in [0.2, 0.25) is 0 Å². The van der Waals surface area contributed by atoms with E-state index in [1.165, 1.54) is 0 Å². The molecule has 0 spiro atoms. The summed E-state index contributed by atoms with van der Waals surface area (Å²) in [5.41, 5.74) is 4.97. The van der Waals surface area contributed by atoms with E-state index >= 15 is 0 Å². The first-order chi connectivity index (χ1) is 11.1. The summed E-state index contributed by atoms with van der Waals surface area (Å²) in [7, 11) is -3.18. The number of ether oxygens (including phenoxy) is 1. The summed E-state index contributed by atoms with van der Waals surface area (Å²) in [6.07, 6.45) is 3.15. The fourth-order valence-corrected chi connectivity index (χ4v) is 5.42. The maximum atomic E-state index is 12.7. The molecule has 1 aliphatic heterocycles. The zero-order valence-corrected chi connectivity index (χ0v) is 16.0. The quantitative estimate of drug-likeness (QED) is 0.748. The van der Waals surface area contributed by atoms with E-state index in [1.54, 1.807) is 4.31 Å². The van der Waals surface area contributed by atoms with E-state index in [9.17, 15) is 13.2 Å². The first-order valence-electron chi connectivity index (χ1n) is 8.81. The van der Waals surface area contributed by atoms with Crippen LogP contribution in [0.4, 0.5) is 4.79 Å². The van der Waals surface area contributed by atoms with Crippen molar-refractivity contribution < 1.29 is 17.9 Å². The molecule has 1 atom stereocenters. The number of amides is 1. The largest absolute Gasteiger partial charge is 0.443 e. The van der Waals surface area contributed by atoms with E-state index < -0.39 is 21.7 Å². The van der Waals surface area contributed by atoms with Crippen LogP contribution in [-0.4, -0.2) is 48.8 Å². The Labute approximate surface area is 145 Å². The standard InChI is InChI=1S/C16H31N3O4S/c1-12-9-10-19(11-12)24(21,22)14-7-5-13(6-8-14)17-18-15(20)23-16(2,3)4/h12-14,17H,5-11H2,1-4H3,(H,18,20)/t12?,13-,14+. The SMILES string of the molecule is CC1CCN(S(=O)(=O)[C@H]2CC[C@@H](NNC(=O)OC(C)(C)C)CC2)C1. The molecule has 1 unspecified atom stereocenters. The van der Waals surface area contributed by atoms with Crippen molar-refractivity contribution in [3.05, 3.63) is 0 Å². The van der Waals surface area contributed by atoms with Gasteiger partial charge >= 0.3 is 6.09 Å². The molecule has 1 aliphatic carbocycles. The summed E-state index contributed by atoms with van der Waals surface area (Å²) in [5, 5.41) is -0.289. The Hall–Kier alpha value is -0.860. The van der Waals surface area contributed by atoms with Gasteiger partial charge in [-0.25, -0.2) is 22.9 Å². The Morgan fingerprint density at radius 2 is 1.75 bits per heavy atom. The molecule has 0 aromatic heterocycles. The molecule has 1 amide bonds.